The Morgan fingerprint density at radius 1 is 1.32 bits per heavy atom. The van der Waals surface area contributed by atoms with Gasteiger partial charge in [0.2, 0.25) is 5.91 Å². The minimum absolute atomic E-state index is 0.144. The summed E-state index contributed by atoms with van der Waals surface area (Å²) < 4.78 is 40.6. The normalized spacial score (nSPS) is 12.2. The number of amides is 1. The first-order chi connectivity index (χ1) is 14.7. The molecule has 0 aliphatic rings. The molecule has 0 unspecified atom stereocenters. The number of pyridine rings is 1. The van der Waals surface area contributed by atoms with E-state index in [9.17, 15) is 18.0 Å². The Hall–Kier alpha value is -3.90. The number of nitrogens with two attached hydrogens (primary N) is 2. The van der Waals surface area contributed by atoms with Crippen molar-refractivity contribution in [2.24, 2.45) is 10.7 Å². The van der Waals surface area contributed by atoms with Crippen LogP contribution in [0.1, 0.15) is 18.4 Å². The molecule has 31 heavy (non-hydrogen) atoms. The summed E-state index contributed by atoms with van der Waals surface area (Å²) in [7, 11) is 1.55. The summed E-state index contributed by atoms with van der Waals surface area (Å²) in [5, 5.41) is 9.75. The molecule has 0 aliphatic heterocycles. The molecular formula is C18H20F3N9O. The third kappa shape index (κ3) is 5.38. The molecule has 0 aromatic carbocycles. The monoisotopic (exact) mass is 435 g/mol. The molecule has 0 saturated carbocycles. The predicted octanol–water partition coefficient (Wildman–Crippen LogP) is 1.65. The van der Waals surface area contributed by atoms with E-state index in [1.165, 1.54) is 23.0 Å². The molecular weight excluding hydrogens is 415 g/mol. The maximum Gasteiger partial charge on any atom is 0.419 e. The van der Waals surface area contributed by atoms with Crippen LogP contribution in [0.25, 0.3) is 16.9 Å². The first-order valence-electron chi connectivity index (χ1n) is 9.13. The number of hydrogen-bond donors (Lipinski definition) is 4. The zero-order valence-corrected chi connectivity index (χ0v) is 16.4. The highest BCUT2D eigenvalue weighted by molar-refractivity contribution is 5.90. The summed E-state index contributed by atoms with van der Waals surface area (Å²) >= 11 is 0. The molecule has 0 fully saturated rings. The molecule has 0 spiro atoms. The number of halogens is 3. The minimum atomic E-state index is -4.63. The van der Waals surface area contributed by atoms with Crippen molar-refractivity contribution in [1.29, 1.82) is 0 Å². The van der Waals surface area contributed by atoms with E-state index in [4.69, 9.17) is 11.5 Å². The third-order valence-electron chi connectivity index (χ3n) is 4.23. The summed E-state index contributed by atoms with van der Waals surface area (Å²) in [6.45, 7) is 0.488. The number of guanidine groups is 1. The molecule has 13 heteroatoms. The van der Waals surface area contributed by atoms with Crippen LogP contribution in [0.2, 0.25) is 0 Å². The first kappa shape index (κ1) is 21.8. The van der Waals surface area contributed by atoms with Crippen molar-refractivity contribution in [3.63, 3.8) is 0 Å². The third-order valence-corrected chi connectivity index (χ3v) is 4.23. The summed E-state index contributed by atoms with van der Waals surface area (Å²) in [4.78, 5) is 23.6. The van der Waals surface area contributed by atoms with Crippen LogP contribution in [0.4, 0.5) is 24.8 Å². The Balaban J connectivity index is 1.71. The second kappa shape index (κ2) is 8.85. The van der Waals surface area contributed by atoms with E-state index >= 15 is 0 Å². The largest absolute Gasteiger partial charge is 0.419 e. The van der Waals surface area contributed by atoms with Crippen LogP contribution in [-0.2, 0) is 11.0 Å². The Kier molecular flexibility index (Phi) is 6.22. The highest BCUT2D eigenvalue weighted by atomic mass is 19.4. The van der Waals surface area contributed by atoms with Crippen molar-refractivity contribution in [1.82, 2.24) is 24.9 Å². The van der Waals surface area contributed by atoms with E-state index in [0.717, 1.165) is 6.07 Å². The van der Waals surface area contributed by atoms with E-state index < -0.39 is 17.6 Å². The van der Waals surface area contributed by atoms with Crippen molar-refractivity contribution in [2.45, 2.75) is 19.0 Å². The maximum absolute atomic E-state index is 13.1. The van der Waals surface area contributed by atoms with Crippen LogP contribution < -0.4 is 22.1 Å². The number of alkyl halides is 3. The highest BCUT2D eigenvalue weighted by Crippen LogP contribution is 2.34. The van der Waals surface area contributed by atoms with Crippen LogP contribution in [0.3, 0.4) is 0 Å². The van der Waals surface area contributed by atoms with Crippen LogP contribution in [0, 0.1) is 0 Å². The fourth-order valence-corrected chi connectivity index (χ4v) is 2.69. The van der Waals surface area contributed by atoms with Crippen molar-refractivity contribution >= 4 is 29.1 Å². The zero-order chi connectivity index (χ0) is 22.6. The zero-order valence-electron chi connectivity index (χ0n) is 16.4. The number of imidazole rings is 1. The number of rotatable bonds is 6. The SMILES string of the molecule is CN=C(N)NCCCC(=O)Nc1cn2nc(-c3cnc(N)c(C(F)(F)F)c3)ccc2n1. The molecule has 3 rings (SSSR count). The van der Waals surface area contributed by atoms with Crippen molar-refractivity contribution in [3.05, 3.63) is 36.2 Å². The van der Waals surface area contributed by atoms with Crippen LogP contribution in [-0.4, -0.2) is 45.0 Å². The van der Waals surface area contributed by atoms with Gasteiger partial charge in [-0.15, -0.1) is 0 Å². The van der Waals surface area contributed by atoms with Gasteiger partial charge in [0.1, 0.15) is 5.82 Å². The second-order valence-corrected chi connectivity index (χ2v) is 6.49. The van der Waals surface area contributed by atoms with E-state index in [2.05, 4.69) is 30.7 Å². The average Bonchev–Trinajstić information content (AvgIpc) is 3.11. The number of nitrogens with zero attached hydrogens (tertiary/aromatic N) is 5. The Labute approximate surface area is 174 Å². The number of nitrogens with one attached hydrogen (secondary N) is 2. The molecule has 3 aromatic heterocycles. The molecule has 3 heterocycles. The maximum atomic E-state index is 13.1. The van der Waals surface area contributed by atoms with Gasteiger partial charge >= 0.3 is 6.18 Å². The van der Waals surface area contributed by atoms with Gasteiger partial charge in [-0.05, 0) is 24.6 Å². The smallest absolute Gasteiger partial charge is 0.383 e. The number of aliphatic imine (C=N–C) groups is 1. The van der Waals surface area contributed by atoms with Crippen molar-refractivity contribution in [3.8, 4) is 11.3 Å². The van der Waals surface area contributed by atoms with Gasteiger partial charge in [0, 0.05) is 31.8 Å². The molecule has 164 valence electrons. The number of carbonyl (C=O) groups excluding carboxylic acids is 1. The van der Waals surface area contributed by atoms with Gasteiger partial charge in [-0.3, -0.25) is 9.79 Å². The summed E-state index contributed by atoms with van der Waals surface area (Å²) in [5.74, 6) is -0.301. The molecule has 3 aromatic rings. The number of fused-ring (bicyclic) bond motifs is 1. The molecule has 1 amide bonds. The Morgan fingerprint density at radius 3 is 2.81 bits per heavy atom. The van der Waals surface area contributed by atoms with Crippen LogP contribution in [0.5, 0.6) is 0 Å². The van der Waals surface area contributed by atoms with Gasteiger partial charge in [-0.2, -0.15) is 18.3 Å². The van der Waals surface area contributed by atoms with Gasteiger partial charge in [-0.1, -0.05) is 0 Å². The number of aromatic nitrogens is 4. The quantitative estimate of drug-likeness (QED) is 0.261. The first-order valence-corrected chi connectivity index (χ1v) is 9.13. The highest BCUT2D eigenvalue weighted by Gasteiger charge is 2.34. The fourth-order valence-electron chi connectivity index (χ4n) is 2.69. The Bertz CT molecular complexity index is 1120. The van der Waals surface area contributed by atoms with Crippen LogP contribution >= 0.6 is 0 Å². The average molecular weight is 435 g/mol. The van der Waals surface area contributed by atoms with Crippen LogP contribution in [0.15, 0.2) is 35.6 Å². The lowest BCUT2D eigenvalue weighted by Gasteiger charge is -2.10. The van der Waals surface area contributed by atoms with Gasteiger partial charge in [0.25, 0.3) is 0 Å². The number of anilines is 2. The topological polar surface area (TPSA) is 149 Å². The predicted molar refractivity (Wildman–Crippen MR) is 109 cm³/mol. The lowest BCUT2D eigenvalue weighted by Crippen LogP contribution is -2.32. The lowest BCUT2D eigenvalue weighted by molar-refractivity contribution is -0.137. The van der Waals surface area contributed by atoms with Crippen molar-refractivity contribution < 1.29 is 18.0 Å². The van der Waals surface area contributed by atoms with Gasteiger partial charge in [0.15, 0.2) is 17.4 Å². The molecule has 0 bridgehead atoms. The summed E-state index contributed by atoms with van der Waals surface area (Å²) in [6, 6.07) is 3.96. The van der Waals surface area contributed by atoms with Gasteiger partial charge in [0.05, 0.1) is 17.5 Å². The number of nitrogen functional groups attached to an aromatic ring is 1. The van der Waals surface area contributed by atoms with E-state index in [1.54, 1.807) is 13.1 Å². The van der Waals surface area contributed by atoms with E-state index in [1.807, 2.05) is 0 Å². The number of hydrogen-bond acceptors (Lipinski definition) is 6. The minimum Gasteiger partial charge on any atom is -0.383 e. The molecule has 0 saturated heterocycles. The summed E-state index contributed by atoms with van der Waals surface area (Å²) in [5.41, 5.74) is 10.6. The summed E-state index contributed by atoms with van der Waals surface area (Å²) in [6.07, 6.45) is -1.19. The number of carbonyl (C=O) groups is 1. The standard InChI is InChI=1S/C18H20F3N9O/c1-24-17(23)25-6-2-3-15(31)28-13-9-30-14(27-13)5-4-12(29-30)10-7-11(18(19,20)21)16(22)26-8-10/h4-5,7-9H,2-3,6H2,1H3,(H2,22,26)(H,28,31)(H3,23,24,25). The molecule has 0 aliphatic carbocycles. The molecule has 0 atom stereocenters. The lowest BCUT2D eigenvalue weighted by atomic mass is 10.1. The molecule has 0 radical (unpaired) electrons. The molecule has 10 nitrogen and oxygen atoms in total. The van der Waals surface area contributed by atoms with E-state index in [-0.39, 0.29) is 29.4 Å². The van der Waals surface area contributed by atoms with Crippen molar-refractivity contribution in [2.75, 3.05) is 24.6 Å². The fraction of sp³-hybridized carbons (Fsp3) is 0.278. The second-order valence-electron chi connectivity index (χ2n) is 6.49. The van der Waals surface area contributed by atoms with Gasteiger partial charge < -0.3 is 22.1 Å². The van der Waals surface area contributed by atoms with Gasteiger partial charge in [-0.25, -0.2) is 14.5 Å². The molecule has 6 N–H and O–H groups in total. The van der Waals surface area contributed by atoms with E-state index in [0.29, 0.717) is 24.6 Å². The Morgan fingerprint density at radius 2 is 2.10 bits per heavy atom.